The number of aromatic nitrogens is 2. The van der Waals surface area contributed by atoms with Gasteiger partial charge in [-0.2, -0.15) is 9.40 Å². The van der Waals surface area contributed by atoms with E-state index >= 15 is 0 Å². The molecular formula is C14H18N4O3S2. The number of H-pyrrole nitrogens is 1. The minimum absolute atomic E-state index is 0.130. The normalized spacial score (nSPS) is 17.0. The molecule has 1 saturated heterocycles. The lowest BCUT2D eigenvalue weighted by molar-refractivity contribution is -0.120. The number of rotatable bonds is 3. The first-order valence-electron chi connectivity index (χ1n) is 7.27. The van der Waals surface area contributed by atoms with Gasteiger partial charge in [0, 0.05) is 23.7 Å². The Morgan fingerprint density at radius 2 is 2.09 bits per heavy atom. The van der Waals surface area contributed by atoms with Crippen molar-refractivity contribution in [2.45, 2.75) is 25.2 Å². The summed E-state index contributed by atoms with van der Waals surface area (Å²) >= 11 is 1.39. The monoisotopic (exact) mass is 354 g/mol. The zero-order chi connectivity index (χ0) is 16.6. The molecule has 7 nitrogen and oxygen atoms in total. The van der Waals surface area contributed by atoms with Crippen molar-refractivity contribution in [3.05, 3.63) is 22.7 Å². The van der Waals surface area contributed by atoms with Crippen molar-refractivity contribution >= 4 is 27.3 Å². The van der Waals surface area contributed by atoms with Crippen molar-refractivity contribution in [2.75, 3.05) is 19.6 Å². The van der Waals surface area contributed by atoms with Gasteiger partial charge < -0.3 is 5.32 Å². The average Bonchev–Trinajstić information content (AvgIpc) is 3.01. The number of amides is 1. The number of aromatic amines is 1. The highest BCUT2D eigenvalue weighted by molar-refractivity contribution is 7.89. The Morgan fingerprint density at radius 3 is 2.78 bits per heavy atom. The second-order valence-corrected chi connectivity index (χ2v) is 8.67. The van der Waals surface area contributed by atoms with Gasteiger partial charge in [0.05, 0.1) is 16.3 Å². The van der Waals surface area contributed by atoms with E-state index in [-0.39, 0.29) is 17.3 Å². The molecule has 0 bridgehead atoms. The van der Waals surface area contributed by atoms with Crippen molar-refractivity contribution in [3.8, 4) is 10.6 Å². The van der Waals surface area contributed by atoms with Crippen LogP contribution in [0.4, 0.5) is 0 Å². The molecule has 0 aromatic carbocycles. The van der Waals surface area contributed by atoms with E-state index in [1.165, 1.54) is 15.6 Å². The molecule has 3 rings (SSSR count). The van der Waals surface area contributed by atoms with E-state index in [2.05, 4.69) is 15.5 Å². The molecule has 2 aromatic heterocycles. The Balaban J connectivity index is 1.96. The van der Waals surface area contributed by atoms with Gasteiger partial charge in [0.2, 0.25) is 15.9 Å². The summed E-state index contributed by atoms with van der Waals surface area (Å²) in [6.07, 6.45) is 0.611. The zero-order valence-electron chi connectivity index (χ0n) is 12.9. The maximum absolute atomic E-state index is 12.9. The van der Waals surface area contributed by atoms with Crippen LogP contribution in [0.5, 0.6) is 0 Å². The number of carbonyl (C=O) groups is 1. The first kappa shape index (κ1) is 16.2. The van der Waals surface area contributed by atoms with Crippen molar-refractivity contribution in [1.82, 2.24) is 19.8 Å². The maximum Gasteiger partial charge on any atom is 0.244 e. The van der Waals surface area contributed by atoms with Crippen LogP contribution in [0.15, 0.2) is 17.0 Å². The quantitative estimate of drug-likeness (QED) is 0.868. The number of hydrogen-bond acceptors (Lipinski definition) is 5. The van der Waals surface area contributed by atoms with Crippen molar-refractivity contribution in [3.63, 3.8) is 0 Å². The molecule has 0 spiro atoms. The minimum Gasteiger partial charge on any atom is -0.355 e. The number of nitrogens with zero attached hydrogens (tertiary/aromatic N) is 2. The lowest BCUT2D eigenvalue weighted by atomic mass is 10.3. The van der Waals surface area contributed by atoms with Crippen molar-refractivity contribution in [2.24, 2.45) is 0 Å². The predicted molar refractivity (Wildman–Crippen MR) is 87.8 cm³/mol. The number of thiophene rings is 1. The molecule has 0 aliphatic carbocycles. The lowest BCUT2D eigenvalue weighted by Gasteiger charge is -2.18. The van der Waals surface area contributed by atoms with Crippen LogP contribution in [0, 0.1) is 13.8 Å². The molecule has 2 aromatic rings. The van der Waals surface area contributed by atoms with E-state index in [0.29, 0.717) is 24.4 Å². The third-order valence-corrected chi connectivity index (χ3v) is 6.85. The maximum atomic E-state index is 12.9. The number of nitrogens with one attached hydrogen (secondary N) is 2. The molecule has 2 N–H and O–H groups in total. The molecule has 0 saturated carbocycles. The highest BCUT2D eigenvalue weighted by Gasteiger charge is 2.30. The third-order valence-electron chi connectivity index (χ3n) is 3.67. The van der Waals surface area contributed by atoms with E-state index in [0.717, 1.165) is 16.3 Å². The van der Waals surface area contributed by atoms with Crippen molar-refractivity contribution < 1.29 is 13.2 Å². The van der Waals surface area contributed by atoms with Gasteiger partial charge in [0.1, 0.15) is 5.69 Å². The standard InChI is InChI=1S/C14H18N4O3S2/c1-9-6-11(17-16-9)12-7-13(10(2)22-12)23(20,21)18-5-3-4-15-14(19)8-18/h6-7H,3-5,8H2,1-2H3,(H,15,19)(H,16,17). The van der Waals surface area contributed by atoms with Gasteiger partial charge in [0.25, 0.3) is 0 Å². The van der Waals surface area contributed by atoms with Crippen LogP contribution in [-0.2, 0) is 14.8 Å². The van der Waals surface area contributed by atoms with Gasteiger partial charge in [-0.3, -0.25) is 9.89 Å². The number of carbonyl (C=O) groups excluding carboxylic acids is 1. The Kier molecular flexibility index (Phi) is 4.26. The molecule has 0 radical (unpaired) electrons. The third kappa shape index (κ3) is 3.17. The summed E-state index contributed by atoms with van der Waals surface area (Å²) in [5, 5.41) is 9.72. The van der Waals surface area contributed by atoms with Crippen LogP contribution >= 0.6 is 11.3 Å². The summed E-state index contributed by atoms with van der Waals surface area (Å²) in [4.78, 5) is 13.4. The van der Waals surface area contributed by atoms with E-state index in [1.54, 1.807) is 13.0 Å². The first-order valence-corrected chi connectivity index (χ1v) is 9.53. The van der Waals surface area contributed by atoms with E-state index in [1.807, 2.05) is 13.0 Å². The Bertz CT molecular complexity index is 838. The highest BCUT2D eigenvalue weighted by atomic mass is 32.2. The second kappa shape index (κ2) is 6.06. The van der Waals surface area contributed by atoms with Crippen molar-refractivity contribution in [1.29, 1.82) is 0 Å². The molecule has 1 aliphatic heterocycles. The number of aryl methyl sites for hydroxylation is 2. The molecule has 1 fully saturated rings. The molecule has 1 aliphatic rings. The fourth-order valence-corrected chi connectivity index (χ4v) is 5.47. The predicted octanol–water partition coefficient (Wildman–Crippen LogP) is 1.27. The van der Waals surface area contributed by atoms with Gasteiger partial charge in [-0.05, 0) is 32.4 Å². The van der Waals surface area contributed by atoms with Crippen LogP contribution in [0.3, 0.4) is 0 Å². The number of sulfonamides is 1. The fraction of sp³-hybridized carbons (Fsp3) is 0.429. The molecule has 3 heterocycles. The Hall–Kier alpha value is -1.71. The average molecular weight is 354 g/mol. The largest absolute Gasteiger partial charge is 0.355 e. The Labute approximate surface area is 138 Å². The highest BCUT2D eigenvalue weighted by Crippen LogP contribution is 2.34. The molecule has 23 heavy (non-hydrogen) atoms. The zero-order valence-corrected chi connectivity index (χ0v) is 14.6. The van der Waals surface area contributed by atoms with E-state index in [9.17, 15) is 13.2 Å². The second-order valence-electron chi connectivity index (χ2n) is 5.51. The summed E-state index contributed by atoms with van der Waals surface area (Å²) < 4.78 is 27.0. The Morgan fingerprint density at radius 1 is 1.30 bits per heavy atom. The molecule has 9 heteroatoms. The first-order chi connectivity index (χ1) is 10.9. The molecular weight excluding hydrogens is 336 g/mol. The molecule has 0 atom stereocenters. The minimum atomic E-state index is -3.68. The van der Waals surface area contributed by atoms with Crippen LogP contribution in [0.2, 0.25) is 0 Å². The summed E-state index contributed by atoms with van der Waals surface area (Å²) in [5.41, 5.74) is 1.64. The van der Waals surface area contributed by atoms with Gasteiger partial charge in [0.15, 0.2) is 0 Å². The van der Waals surface area contributed by atoms with E-state index in [4.69, 9.17) is 0 Å². The van der Waals surface area contributed by atoms with Crippen LogP contribution in [-0.4, -0.2) is 48.5 Å². The summed E-state index contributed by atoms with van der Waals surface area (Å²) in [6, 6.07) is 3.52. The van der Waals surface area contributed by atoms with Gasteiger partial charge >= 0.3 is 0 Å². The SMILES string of the molecule is Cc1cc(-c2cc(S(=O)(=O)N3CCCNC(=O)C3)c(C)s2)n[nH]1. The van der Waals surface area contributed by atoms with E-state index < -0.39 is 10.0 Å². The molecule has 124 valence electrons. The van der Waals surface area contributed by atoms with Gasteiger partial charge in [-0.1, -0.05) is 0 Å². The molecule has 0 unspecified atom stereocenters. The number of hydrogen-bond donors (Lipinski definition) is 2. The van der Waals surface area contributed by atoms with Gasteiger partial charge in [-0.15, -0.1) is 11.3 Å². The fourth-order valence-electron chi connectivity index (χ4n) is 2.51. The van der Waals surface area contributed by atoms with Crippen LogP contribution < -0.4 is 5.32 Å². The summed E-state index contributed by atoms with van der Waals surface area (Å²) in [6.45, 7) is 4.38. The van der Waals surface area contributed by atoms with Crippen LogP contribution in [0.1, 0.15) is 17.0 Å². The lowest BCUT2D eigenvalue weighted by Crippen LogP contribution is -2.37. The van der Waals surface area contributed by atoms with Gasteiger partial charge in [-0.25, -0.2) is 8.42 Å². The molecule has 1 amide bonds. The van der Waals surface area contributed by atoms with Crippen LogP contribution in [0.25, 0.3) is 10.6 Å². The topological polar surface area (TPSA) is 95.2 Å². The summed E-state index contributed by atoms with van der Waals surface area (Å²) in [7, 11) is -3.68. The smallest absolute Gasteiger partial charge is 0.244 e. The summed E-state index contributed by atoms with van der Waals surface area (Å²) in [5.74, 6) is -0.262.